The van der Waals surface area contributed by atoms with E-state index in [1.807, 2.05) is 6.07 Å². The summed E-state index contributed by atoms with van der Waals surface area (Å²) in [5.41, 5.74) is 6.47. The Morgan fingerprint density at radius 2 is 2.00 bits per heavy atom. The molecule has 0 radical (unpaired) electrons. The van der Waals surface area contributed by atoms with Crippen molar-refractivity contribution >= 4 is 17.4 Å². The van der Waals surface area contributed by atoms with Crippen molar-refractivity contribution in [2.75, 3.05) is 18.0 Å². The summed E-state index contributed by atoms with van der Waals surface area (Å²) in [6.07, 6.45) is 2.28. The maximum atomic E-state index is 11.3. The Morgan fingerprint density at radius 1 is 1.35 bits per heavy atom. The fraction of sp³-hybridized carbons (Fsp3) is 0.467. The van der Waals surface area contributed by atoms with Crippen LogP contribution in [0.3, 0.4) is 0 Å². The molecular formula is C15H20N2O3. The number of piperidine rings is 1. The summed E-state index contributed by atoms with van der Waals surface area (Å²) in [4.78, 5) is 24.3. The van der Waals surface area contributed by atoms with Crippen molar-refractivity contribution < 1.29 is 14.7 Å². The van der Waals surface area contributed by atoms with Crippen LogP contribution >= 0.6 is 0 Å². The zero-order valence-corrected chi connectivity index (χ0v) is 11.6. The van der Waals surface area contributed by atoms with Gasteiger partial charge in [0.15, 0.2) is 5.78 Å². The van der Waals surface area contributed by atoms with E-state index >= 15 is 0 Å². The third-order valence-corrected chi connectivity index (χ3v) is 3.83. The van der Waals surface area contributed by atoms with Crippen LogP contribution in [-0.4, -0.2) is 29.9 Å². The molecule has 1 aliphatic rings. The number of ketones is 1. The van der Waals surface area contributed by atoms with Crippen molar-refractivity contribution in [1.29, 1.82) is 0 Å². The Labute approximate surface area is 118 Å². The second-order valence-corrected chi connectivity index (χ2v) is 5.36. The van der Waals surface area contributed by atoms with Crippen LogP contribution in [0, 0.1) is 5.92 Å². The topological polar surface area (TPSA) is 83.6 Å². The number of amides is 1. The molecule has 5 heteroatoms. The van der Waals surface area contributed by atoms with Crippen LogP contribution < -0.4 is 10.6 Å². The first-order valence-corrected chi connectivity index (χ1v) is 6.84. The monoisotopic (exact) mass is 276 g/mol. The van der Waals surface area contributed by atoms with Crippen molar-refractivity contribution in [2.45, 2.75) is 26.2 Å². The number of primary amides is 1. The van der Waals surface area contributed by atoms with E-state index in [-0.39, 0.29) is 17.4 Å². The molecule has 1 heterocycles. The predicted molar refractivity (Wildman–Crippen MR) is 76.9 cm³/mol. The summed E-state index contributed by atoms with van der Waals surface area (Å²) >= 11 is 0. The van der Waals surface area contributed by atoms with E-state index in [0.29, 0.717) is 17.9 Å². The molecule has 1 aromatic carbocycles. The first-order chi connectivity index (χ1) is 9.47. The standard InChI is InChI=1S/C15H20N2O3/c1-10(18)13-3-2-12(9-14(13)19)17-6-4-11(5-7-17)8-15(16)20/h2-3,9,11,19H,4-8H2,1H3,(H2,16,20). The maximum Gasteiger partial charge on any atom is 0.217 e. The van der Waals surface area contributed by atoms with E-state index in [1.165, 1.54) is 6.92 Å². The second kappa shape index (κ2) is 5.94. The van der Waals surface area contributed by atoms with Gasteiger partial charge in [-0.15, -0.1) is 0 Å². The van der Waals surface area contributed by atoms with Crippen LogP contribution in [0.1, 0.15) is 36.5 Å². The Morgan fingerprint density at radius 3 is 2.50 bits per heavy atom. The molecule has 0 aliphatic carbocycles. The third kappa shape index (κ3) is 3.29. The average Bonchev–Trinajstić information content (AvgIpc) is 2.38. The molecule has 0 aromatic heterocycles. The lowest BCUT2D eigenvalue weighted by atomic mass is 9.93. The number of nitrogens with two attached hydrogens (primary N) is 1. The van der Waals surface area contributed by atoms with Gasteiger partial charge in [-0.1, -0.05) is 0 Å². The van der Waals surface area contributed by atoms with E-state index in [0.717, 1.165) is 31.6 Å². The van der Waals surface area contributed by atoms with Gasteiger partial charge in [0.05, 0.1) is 5.56 Å². The van der Waals surface area contributed by atoms with Gasteiger partial charge in [0, 0.05) is 31.3 Å². The van der Waals surface area contributed by atoms with Crippen LogP contribution in [0.5, 0.6) is 5.75 Å². The summed E-state index contributed by atoms with van der Waals surface area (Å²) < 4.78 is 0. The molecular weight excluding hydrogens is 256 g/mol. The largest absolute Gasteiger partial charge is 0.507 e. The fourth-order valence-electron chi connectivity index (χ4n) is 2.69. The van der Waals surface area contributed by atoms with Crippen molar-refractivity contribution in [1.82, 2.24) is 0 Å². The molecule has 1 saturated heterocycles. The van der Waals surface area contributed by atoms with Crippen LogP contribution in [0.2, 0.25) is 0 Å². The van der Waals surface area contributed by atoms with Gasteiger partial charge in [-0.3, -0.25) is 9.59 Å². The van der Waals surface area contributed by atoms with E-state index in [9.17, 15) is 14.7 Å². The Hall–Kier alpha value is -2.04. The van der Waals surface area contributed by atoms with E-state index < -0.39 is 0 Å². The lowest BCUT2D eigenvalue weighted by Gasteiger charge is -2.33. The maximum absolute atomic E-state index is 11.3. The smallest absolute Gasteiger partial charge is 0.217 e. The molecule has 0 bridgehead atoms. The minimum Gasteiger partial charge on any atom is -0.507 e. The van der Waals surface area contributed by atoms with E-state index in [4.69, 9.17) is 5.73 Å². The third-order valence-electron chi connectivity index (χ3n) is 3.83. The number of phenols is 1. The Balaban J connectivity index is 2.02. The zero-order chi connectivity index (χ0) is 14.7. The molecule has 1 amide bonds. The summed E-state index contributed by atoms with van der Waals surface area (Å²) in [5.74, 6) is -0.00998. The molecule has 20 heavy (non-hydrogen) atoms. The number of Topliss-reactive ketones (excluding diaryl/α,β-unsaturated/α-hetero) is 1. The summed E-state index contributed by atoms with van der Waals surface area (Å²) in [5, 5.41) is 9.85. The number of aromatic hydroxyl groups is 1. The first kappa shape index (κ1) is 14.4. The highest BCUT2D eigenvalue weighted by Gasteiger charge is 2.21. The number of rotatable bonds is 4. The number of anilines is 1. The molecule has 3 N–H and O–H groups in total. The van der Waals surface area contributed by atoms with Crippen molar-refractivity contribution in [3.8, 4) is 5.75 Å². The highest BCUT2D eigenvalue weighted by Crippen LogP contribution is 2.29. The number of hydrogen-bond donors (Lipinski definition) is 2. The summed E-state index contributed by atoms with van der Waals surface area (Å²) in [7, 11) is 0. The number of carbonyl (C=O) groups excluding carboxylic acids is 2. The molecule has 1 aliphatic heterocycles. The lowest BCUT2D eigenvalue weighted by molar-refractivity contribution is -0.119. The van der Waals surface area contributed by atoms with Crippen LogP contribution in [0.25, 0.3) is 0 Å². The first-order valence-electron chi connectivity index (χ1n) is 6.84. The minimum atomic E-state index is -0.244. The van der Waals surface area contributed by atoms with Gasteiger partial charge in [0.25, 0.3) is 0 Å². The minimum absolute atomic E-state index is 0.0225. The Bertz CT molecular complexity index is 520. The predicted octanol–water partition coefficient (Wildman–Crippen LogP) is 1.69. The molecule has 1 aromatic rings. The molecule has 108 valence electrons. The van der Waals surface area contributed by atoms with E-state index in [2.05, 4.69) is 4.90 Å². The molecule has 0 atom stereocenters. The van der Waals surface area contributed by atoms with Crippen LogP contribution in [0.4, 0.5) is 5.69 Å². The van der Waals surface area contributed by atoms with Crippen LogP contribution in [-0.2, 0) is 4.79 Å². The van der Waals surface area contributed by atoms with Gasteiger partial charge in [-0.05, 0) is 37.8 Å². The second-order valence-electron chi connectivity index (χ2n) is 5.36. The highest BCUT2D eigenvalue weighted by molar-refractivity contribution is 5.97. The highest BCUT2D eigenvalue weighted by atomic mass is 16.3. The lowest BCUT2D eigenvalue weighted by Crippen LogP contribution is -2.35. The van der Waals surface area contributed by atoms with Gasteiger partial charge >= 0.3 is 0 Å². The summed E-state index contributed by atoms with van der Waals surface area (Å²) in [6.45, 7) is 3.09. The zero-order valence-electron chi connectivity index (χ0n) is 11.6. The Kier molecular flexibility index (Phi) is 4.27. The number of carbonyl (C=O) groups is 2. The fourth-order valence-corrected chi connectivity index (χ4v) is 2.69. The SMILES string of the molecule is CC(=O)c1ccc(N2CCC(CC(N)=O)CC2)cc1O. The van der Waals surface area contributed by atoms with Crippen molar-refractivity contribution in [3.63, 3.8) is 0 Å². The average molecular weight is 276 g/mol. The van der Waals surface area contributed by atoms with Crippen molar-refractivity contribution in [3.05, 3.63) is 23.8 Å². The quantitative estimate of drug-likeness (QED) is 0.820. The van der Waals surface area contributed by atoms with Crippen molar-refractivity contribution in [2.24, 2.45) is 11.7 Å². The molecule has 1 fully saturated rings. The molecule has 2 rings (SSSR count). The summed E-state index contributed by atoms with van der Waals surface area (Å²) in [6, 6.07) is 5.14. The van der Waals surface area contributed by atoms with Gasteiger partial charge in [-0.2, -0.15) is 0 Å². The number of hydrogen-bond acceptors (Lipinski definition) is 4. The number of phenolic OH excluding ortho intramolecular Hbond substituents is 1. The van der Waals surface area contributed by atoms with Gasteiger partial charge in [0.1, 0.15) is 5.75 Å². The van der Waals surface area contributed by atoms with Gasteiger partial charge in [-0.25, -0.2) is 0 Å². The molecule has 0 saturated carbocycles. The number of benzene rings is 1. The molecule has 0 spiro atoms. The normalized spacial score (nSPS) is 16.1. The number of nitrogens with zero attached hydrogens (tertiary/aromatic N) is 1. The van der Waals surface area contributed by atoms with E-state index in [1.54, 1.807) is 12.1 Å². The molecule has 0 unspecified atom stereocenters. The van der Waals surface area contributed by atoms with Gasteiger partial charge in [0.2, 0.25) is 5.91 Å². The molecule has 5 nitrogen and oxygen atoms in total. The van der Waals surface area contributed by atoms with Gasteiger partial charge < -0.3 is 15.7 Å². The van der Waals surface area contributed by atoms with Crippen LogP contribution in [0.15, 0.2) is 18.2 Å².